The molecular formula is C11H11N2O4S-. The van der Waals surface area contributed by atoms with Gasteiger partial charge in [0.15, 0.2) is 16.7 Å². The molecule has 0 unspecified atom stereocenters. The molecule has 0 spiro atoms. The number of carbonyl (C=O) groups excluding carboxylic acids is 1. The van der Waals surface area contributed by atoms with E-state index in [2.05, 4.69) is 9.97 Å². The lowest BCUT2D eigenvalue weighted by atomic mass is 10.3. The summed E-state index contributed by atoms with van der Waals surface area (Å²) < 4.78 is 10.3. The van der Waals surface area contributed by atoms with Crippen molar-refractivity contribution < 1.29 is 19.4 Å². The molecule has 0 saturated carbocycles. The number of ether oxygens (including phenoxy) is 2. The van der Waals surface area contributed by atoms with E-state index in [9.17, 15) is 9.90 Å². The molecule has 0 radical (unpaired) electrons. The Bertz CT molecular complexity index is 541. The number of hydrogen-bond acceptors (Lipinski definition) is 6. The number of methoxy groups -OCH3 is 2. The van der Waals surface area contributed by atoms with Gasteiger partial charge in [-0.05, 0) is 0 Å². The molecule has 2 rings (SSSR count). The number of benzene rings is 1. The molecule has 18 heavy (non-hydrogen) atoms. The number of nitrogens with one attached hydrogen (secondary N) is 1. The number of imidazole rings is 1. The molecule has 0 aliphatic carbocycles. The van der Waals surface area contributed by atoms with E-state index in [4.69, 9.17) is 9.47 Å². The van der Waals surface area contributed by atoms with Crippen molar-refractivity contribution in [3.63, 3.8) is 0 Å². The van der Waals surface area contributed by atoms with Crippen LogP contribution in [0.15, 0.2) is 17.3 Å². The van der Waals surface area contributed by atoms with Crippen molar-refractivity contribution in [1.82, 2.24) is 9.97 Å². The van der Waals surface area contributed by atoms with Crippen molar-refractivity contribution in [1.29, 1.82) is 0 Å². The third-order valence-electron chi connectivity index (χ3n) is 2.29. The molecule has 1 aromatic heterocycles. The highest BCUT2D eigenvalue weighted by atomic mass is 32.2. The van der Waals surface area contributed by atoms with Gasteiger partial charge in [0.2, 0.25) is 0 Å². The van der Waals surface area contributed by atoms with Crippen LogP contribution in [0.3, 0.4) is 0 Å². The van der Waals surface area contributed by atoms with Gasteiger partial charge in [-0.1, -0.05) is 11.8 Å². The molecule has 0 atom stereocenters. The predicted molar refractivity (Wildman–Crippen MR) is 64.9 cm³/mol. The number of aromatic nitrogens is 2. The van der Waals surface area contributed by atoms with Gasteiger partial charge in [0, 0.05) is 17.9 Å². The lowest BCUT2D eigenvalue weighted by Gasteiger charge is -2.06. The number of carbonyl (C=O) groups is 1. The number of carboxylic acid groups (broad SMARTS) is 1. The van der Waals surface area contributed by atoms with Crippen LogP contribution in [0.5, 0.6) is 11.5 Å². The number of H-pyrrole nitrogens is 1. The van der Waals surface area contributed by atoms with Crippen LogP contribution in [0.25, 0.3) is 11.0 Å². The second-order valence-electron chi connectivity index (χ2n) is 3.43. The molecule has 0 amide bonds. The van der Waals surface area contributed by atoms with Gasteiger partial charge in [-0.25, -0.2) is 4.98 Å². The summed E-state index contributed by atoms with van der Waals surface area (Å²) in [5, 5.41) is 10.9. The van der Waals surface area contributed by atoms with Gasteiger partial charge in [0.1, 0.15) is 0 Å². The van der Waals surface area contributed by atoms with Crippen LogP contribution in [0.1, 0.15) is 0 Å². The number of carboxylic acids is 1. The minimum atomic E-state index is -1.13. The Morgan fingerprint density at radius 1 is 1.39 bits per heavy atom. The smallest absolute Gasteiger partial charge is 0.166 e. The Balaban J connectivity index is 2.35. The summed E-state index contributed by atoms with van der Waals surface area (Å²) in [6.45, 7) is 0. The van der Waals surface area contributed by atoms with Gasteiger partial charge >= 0.3 is 0 Å². The standard InChI is InChI=1S/C11H12N2O4S/c1-16-8-3-6-7(4-9(8)17-2)13-11(12-6)18-5-10(14)15/h3-4H,5H2,1-2H3,(H,12,13)(H,14,15)/p-1. The molecule has 0 saturated heterocycles. The van der Waals surface area contributed by atoms with E-state index in [1.165, 1.54) is 0 Å². The van der Waals surface area contributed by atoms with E-state index in [0.29, 0.717) is 22.2 Å². The Morgan fingerprint density at radius 2 is 2.06 bits per heavy atom. The molecule has 0 aliphatic heterocycles. The van der Waals surface area contributed by atoms with E-state index in [1.54, 1.807) is 26.4 Å². The molecule has 1 heterocycles. The summed E-state index contributed by atoms with van der Waals surface area (Å²) in [5.74, 6) is -0.109. The van der Waals surface area contributed by atoms with Crippen LogP contribution in [0.2, 0.25) is 0 Å². The predicted octanol–water partition coefficient (Wildman–Crippen LogP) is 0.422. The molecule has 1 aromatic carbocycles. The molecule has 0 aliphatic rings. The summed E-state index contributed by atoms with van der Waals surface area (Å²) >= 11 is 1.07. The van der Waals surface area contributed by atoms with E-state index in [1.807, 2.05) is 0 Å². The maximum atomic E-state index is 10.4. The van der Waals surface area contributed by atoms with Crippen molar-refractivity contribution in [3.8, 4) is 11.5 Å². The Morgan fingerprint density at radius 3 is 2.67 bits per heavy atom. The maximum absolute atomic E-state index is 10.4. The summed E-state index contributed by atoms with van der Waals surface area (Å²) in [7, 11) is 3.09. The normalized spacial score (nSPS) is 10.6. The number of aromatic amines is 1. The molecule has 96 valence electrons. The van der Waals surface area contributed by atoms with Crippen molar-refractivity contribution in [3.05, 3.63) is 12.1 Å². The number of hydrogen-bond donors (Lipinski definition) is 1. The highest BCUT2D eigenvalue weighted by Gasteiger charge is 2.10. The third kappa shape index (κ3) is 2.51. The Kier molecular flexibility index (Phi) is 3.61. The summed E-state index contributed by atoms with van der Waals surface area (Å²) in [6.07, 6.45) is 0. The highest BCUT2D eigenvalue weighted by molar-refractivity contribution is 7.99. The van der Waals surface area contributed by atoms with Gasteiger partial charge < -0.3 is 24.4 Å². The fourth-order valence-corrected chi connectivity index (χ4v) is 2.11. The minimum Gasteiger partial charge on any atom is -0.549 e. The highest BCUT2D eigenvalue weighted by Crippen LogP contribution is 2.32. The van der Waals surface area contributed by atoms with Crippen LogP contribution in [-0.4, -0.2) is 35.9 Å². The number of thioether (sulfide) groups is 1. The van der Waals surface area contributed by atoms with Crippen LogP contribution < -0.4 is 14.6 Å². The third-order valence-corrected chi connectivity index (χ3v) is 3.14. The first-order valence-corrected chi connectivity index (χ1v) is 6.07. The van der Waals surface area contributed by atoms with Crippen LogP contribution in [0, 0.1) is 0 Å². The lowest BCUT2D eigenvalue weighted by molar-refractivity contribution is -0.301. The average Bonchev–Trinajstić information content (AvgIpc) is 2.76. The second-order valence-corrected chi connectivity index (χ2v) is 4.39. The summed E-state index contributed by atoms with van der Waals surface area (Å²) in [5.41, 5.74) is 1.45. The number of aliphatic carboxylic acids is 1. The zero-order chi connectivity index (χ0) is 13.1. The first kappa shape index (κ1) is 12.6. The number of fused-ring (bicyclic) bond motifs is 1. The summed E-state index contributed by atoms with van der Waals surface area (Å²) in [4.78, 5) is 17.6. The molecule has 0 fully saturated rings. The Hall–Kier alpha value is -1.89. The van der Waals surface area contributed by atoms with Gasteiger partial charge in [-0.3, -0.25) is 0 Å². The monoisotopic (exact) mass is 267 g/mol. The van der Waals surface area contributed by atoms with Crippen molar-refractivity contribution >= 4 is 28.8 Å². The van der Waals surface area contributed by atoms with E-state index in [0.717, 1.165) is 17.3 Å². The maximum Gasteiger partial charge on any atom is 0.166 e. The van der Waals surface area contributed by atoms with Crippen LogP contribution in [0.4, 0.5) is 0 Å². The average molecular weight is 267 g/mol. The van der Waals surface area contributed by atoms with Crippen molar-refractivity contribution in [2.45, 2.75) is 5.16 Å². The topological polar surface area (TPSA) is 87.3 Å². The lowest BCUT2D eigenvalue weighted by Crippen LogP contribution is -2.24. The zero-order valence-electron chi connectivity index (χ0n) is 9.85. The molecule has 2 aromatic rings. The van der Waals surface area contributed by atoms with Gasteiger partial charge in [0.25, 0.3) is 0 Å². The number of rotatable bonds is 5. The molecular weight excluding hydrogens is 256 g/mol. The number of nitrogens with zero attached hydrogens (tertiary/aromatic N) is 1. The van der Waals surface area contributed by atoms with Gasteiger partial charge in [0.05, 0.1) is 31.2 Å². The first-order chi connectivity index (χ1) is 8.63. The second kappa shape index (κ2) is 5.18. The van der Waals surface area contributed by atoms with Crippen molar-refractivity contribution in [2.75, 3.05) is 20.0 Å². The fraction of sp³-hybridized carbons (Fsp3) is 0.273. The van der Waals surface area contributed by atoms with E-state index < -0.39 is 5.97 Å². The SMILES string of the molecule is COc1cc2nc(SCC(=O)[O-])[nH]c2cc1OC. The van der Waals surface area contributed by atoms with Gasteiger partial charge in [-0.15, -0.1) is 0 Å². The van der Waals surface area contributed by atoms with E-state index in [-0.39, 0.29) is 5.75 Å². The zero-order valence-corrected chi connectivity index (χ0v) is 10.7. The van der Waals surface area contributed by atoms with Gasteiger partial charge in [-0.2, -0.15) is 0 Å². The molecule has 7 heteroatoms. The van der Waals surface area contributed by atoms with Crippen molar-refractivity contribution in [2.24, 2.45) is 0 Å². The van der Waals surface area contributed by atoms with Crippen LogP contribution >= 0.6 is 11.8 Å². The molecule has 6 nitrogen and oxygen atoms in total. The quantitative estimate of drug-likeness (QED) is 0.790. The molecule has 1 N–H and O–H groups in total. The largest absolute Gasteiger partial charge is 0.549 e. The van der Waals surface area contributed by atoms with E-state index >= 15 is 0 Å². The fourth-order valence-electron chi connectivity index (χ4n) is 1.51. The first-order valence-electron chi connectivity index (χ1n) is 5.08. The van der Waals surface area contributed by atoms with Crippen LogP contribution in [-0.2, 0) is 4.79 Å². The minimum absolute atomic E-state index is 0.145. The summed E-state index contributed by atoms with van der Waals surface area (Å²) in [6, 6.07) is 3.48. The molecule has 0 bridgehead atoms. The Labute approximate surface area is 107 Å².